The Morgan fingerprint density at radius 2 is 1.91 bits per heavy atom. The van der Waals surface area contributed by atoms with Crippen LogP contribution in [0.3, 0.4) is 0 Å². The third-order valence-corrected chi connectivity index (χ3v) is 7.40. The third-order valence-electron chi connectivity index (χ3n) is 6.51. The van der Waals surface area contributed by atoms with Crippen LogP contribution in [-0.4, -0.2) is 23.3 Å². The number of benzene rings is 2. The van der Waals surface area contributed by atoms with Crippen LogP contribution in [0.25, 0.3) is 11.3 Å². The Labute approximate surface area is 192 Å². The number of anilines is 2. The van der Waals surface area contributed by atoms with Gasteiger partial charge >= 0.3 is 0 Å². The summed E-state index contributed by atoms with van der Waals surface area (Å²) in [6.07, 6.45) is 5.06. The van der Waals surface area contributed by atoms with E-state index in [1.54, 1.807) is 0 Å². The highest BCUT2D eigenvalue weighted by molar-refractivity contribution is 7.16. The first-order chi connectivity index (χ1) is 15.5. The Morgan fingerprint density at radius 1 is 1.09 bits per heavy atom. The van der Waals surface area contributed by atoms with Crippen LogP contribution in [0, 0.1) is 19.8 Å². The number of aromatic nitrogens is 1. The van der Waals surface area contributed by atoms with Crippen molar-refractivity contribution in [2.24, 2.45) is 5.92 Å². The van der Waals surface area contributed by atoms with E-state index in [4.69, 9.17) is 4.98 Å². The highest BCUT2D eigenvalue weighted by atomic mass is 32.1. The van der Waals surface area contributed by atoms with Crippen LogP contribution in [0.5, 0.6) is 0 Å². The van der Waals surface area contributed by atoms with E-state index in [0.29, 0.717) is 11.7 Å². The smallest absolute Gasteiger partial charge is 0.258 e. The number of hydrogen-bond donors (Lipinski definition) is 1. The molecule has 32 heavy (non-hydrogen) atoms. The van der Waals surface area contributed by atoms with E-state index >= 15 is 0 Å². The zero-order valence-corrected chi connectivity index (χ0v) is 19.3. The molecule has 2 aromatic carbocycles. The monoisotopic (exact) mass is 445 g/mol. The fraction of sp³-hybridized carbons (Fsp3) is 0.346. The van der Waals surface area contributed by atoms with Crippen molar-refractivity contribution in [2.75, 3.05) is 16.8 Å². The molecule has 5 nitrogen and oxygen atoms in total. The van der Waals surface area contributed by atoms with E-state index in [1.807, 2.05) is 55.1 Å². The summed E-state index contributed by atoms with van der Waals surface area (Å²) in [6.45, 7) is 4.73. The number of thiazole rings is 1. The largest absolute Gasteiger partial charge is 0.308 e. The SMILES string of the molecule is Cc1cccc(C(=O)N2CCc3cc(-c4nc(NC(=O)C5CCCC5)sc4C)ccc32)c1. The Kier molecular flexibility index (Phi) is 5.55. The molecule has 1 aliphatic carbocycles. The summed E-state index contributed by atoms with van der Waals surface area (Å²) < 4.78 is 0. The first-order valence-electron chi connectivity index (χ1n) is 11.3. The van der Waals surface area contributed by atoms with Crippen LogP contribution in [0.4, 0.5) is 10.8 Å². The first kappa shape index (κ1) is 20.9. The topological polar surface area (TPSA) is 62.3 Å². The van der Waals surface area contributed by atoms with E-state index in [2.05, 4.69) is 11.4 Å². The lowest BCUT2D eigenvalue weighted by molar-refractivity contribution is -0.119. The molecule has 2 aliphatic rings. The number of fused-ring (bicyclic) bond motifs is 1. The fourth-order valence-corrected chi connectivity index (χ4v) is 5.65. The Hall–Kier alpha value is -2.99. The van der Waals surface area contributed by atoms with Gasteiger partial charge in [-0.25, -0.2) is 4.98 Å². The molecule has 1 aliphatic heterocycles. The first-order valence-corrected chi connectivity index (χ1v) is 12.1. The quantitative estimate of drug-likeness (QED) is 0.555. The van der Waals surface area contributed by atoms with Gasteiger partial charge in [0.1, 0.15) is 0 Å². The van der Waals surface area contributed by atoms with Gasteiger partial charge in [-0.2, -0.15) is 0 Å². The van der Waals surface area contributed by atoms with Gasteiger partial charge in [0.05, 0.1) is 5.69 Å². The molecule has 1 saturated carbocycles. The molecular weight excluding hydrogens is 418 g/mol. The zero-order valence-electron chi connectivity index (χ0n) is 18.5. The number of aryl methyl sites for hydroxylation is 2. The van der Waals surface area contributed by atoms with Crippen LogP contribution < -0.4 is 10.2 Å². The van der Waals surface area contributed by atoms with Crippen LogP contribution in [-0.2, 0) is 11.2 Å². The van der Waals surface area contributed by atoms with Crippen molar-refractivity contribution >= 4 is 34.0 Å². The minimum atomic E-state index is 0.0435. The van der Waals surface area contributed by atoms with Crippen molar-refractivity contribution in [3.63, 3.8) is 0 Å². The van der Waals surface area contributed by atoms with Gasteiger partial charge in [-0.15, -0.1) is 11.3 Å². The van der Waals surface area contributed by atoms with Crippen molar-refractivity contribution in [1.82, 2.24) is 4.98 Å². The normalized spacial score (nSPS) is 15.8. The molecular formula is C26H27N3O2S. The number of nitrogens with one attached hydrogen (secondary N) is 1. The van der Waals surface area contributed by atoms with Gasteiger partial charge in [0.25, 0.3) is 5.91 Å². The van der Waals surface area contributed by atoms with E-state index in [9.17, 15) is 9.59 Å². The van der Waals surface area contributed by atoms with Crippen molar-refractivity contribution in [3.05, 3.63) is 64.0 Å². The molecule has 3 aromatic rings. The minimum Gasteiger partial charge on any atom is -0.308 e. The minimum absolute atomic E-state index is 0.0435. The predicted molar refractivity (Wildman–Crippen MR) is 129 cm³/mol. The molecule has 6 heteroatoms. The third kappa shape index (κ3) is 3.95. The van der Waals surface area contributed by atoms with Crippen LogP contribution in [0.15, 0.2) is 42.5 Å². The maximum atomic E-state index is 13.1. The molecule has 0 bridgehead atoms. The lowest BCUT2D eigenvalue weighted by Crippen LogP contribution is -2.28. The molecule has 0 spiro atoms. The molecule has 2 heterocycles. The number of carbonyl (C=O) groups excluding carboxylic acids is 2. The predicted octanol–water partition coefficient (Wildman–Crippen LogP) is 5.76. The van der Waals surface area contributed by atoms with Crippen molar-refractivity contribution in [3.8, 4) is 11.3 Å². The van der Waals surface area contributed by atoms with Crippen LogP contribution in [0.1, 0.15) is 52.0 Å². The van der Waals surface area contributed by atoms with Gasteiger partial charge in [0, 0.05) is 34.2 Å². The lowest BCUT2D eigenvalue weighted by atomic mass is 10.1. The van der Waals surface area contributed by atoms with Gasteiger partial charge < -0.3 is 10.2 Å². The molecule has 1 aromatic heterocycles. The van der Waals surface area contributed by atoms with E-state index in [0.717, 1.165) is 70.6 Å². The summed E-state index contributed by atoms with van der Waals surface area (Å²) in [5.74, 6) is 0.267. The van der Waals surface area contributed by atoms with Gasteiger partial charge in [-0.3, -0.25) is 9.59 Å². The van der Waals surface area contributed by atoms with Crippen LogP contribution >= 0.6 is 11.3 Å². The Morgan fingerprint density at radius 3 is 2.69 bits per heavy atom. The molecule has 1 N–H and O–H groups in total. The summed E-state index contributed by atoms with van der Waals surface area (Å²) in [4.78, 5) is 33.2. The summed E-state index contributed by atoms with van der Waals surface area (Å²) in [6, 6.07) is 13.9. The average molecular weight is 446 g/mol. The molecule has 0 saturated heterocycles. The maximum Gasteiger partial charge on any atom is 0.258 e. The highest BCUT2D eigenvalue weighted by Crippen LogP contribution is 2.36. The van der Waals surface area contributed by atoms with E-state index in [1.165, 1.54) is 11.3 Å². The van der Waals surface area contributed by atoms with E-state index in [-0.39, 0.29) is 17.7 Å². The molecule has 2 amide bonds. The number of carbonyl (C=O) groups is 2. The molecule has 0 atom stereocenters. The van der Waals surface area contributed by atoms with Gasteiger partial charge in [0.2, 0.25) is 5.91 Å². The number of amides is 2. The van der Waals surface area contributed by atoms with Crippen LogP contribution in [0.2, 0.25) is 0 Å². The number of rotatable bonds is 4. The second-order valence-corrected chi connectivity index (χ2v) is 10.0. The molecule has 5 rings (SSSR count). The fourth-order valence-electron chi connectivity index (χ4n) is 4.81. The zero-order chi connectivity index (χ0) is 22.2. The number of nitrogens with zero attached hydrogens (tertiary/aromatic N) is 2. The van der Waals surface area contributed by atoms with Gasteiger partial charge in [-0.05, 0) is 62.9 Å². The standard InChI is InChI=1S/C26H27N3O2S/c1-16-6-5-9-21(14-16)25(31)29-13-12-19-15-20(10-11-22(19)29)23-17(2)32-26(27-23)28-24(30)18-7-3-4-8-18/h5-6,9-11,14-15,18H,3-4,7-8,12-13H2,1-2H3,(H,27,28,30). The second-order valence-electron chi connectivity index (χ2n) is 8.81. The summed E-state index contributed by atoms with van der Waals surface area (Å²) in [5, 5.41) is 3.70. The second kappa shape index (κ2) is 8.51. The van der Waals surface area contributed by atoms with Gasteiger partial charge in [0.15, 0.2) is 5.13 Å². The molecule has 164 valence electrons. The molecule has 0 unspecified atom stereocenters. The summed E-state index contributed by atoms with van der Waals surface area (Å²) in [7, 11) is 0. The molecule has 0 radical (unpaired) electrons. The lowest BCUT2D eigenvalue weighted by Gasteiger charge is -2.18. The maximum absolute atomic E-state index is 13.1. The van der Waals surface area contributed by atoms with E-state index < -0.39 is 0 Å². The highest BCUT2D eigenvalue weighted by Gasteiger charge is 2.27. The molecule has 1 fully saturated rings. The number of hydrogen-bond acceptors (Lipinski definition) is 4. The van der Waals surface area contributed by atoms with Crippen molar-refractivity contribution in [1.29, 1.82) is 0 Å². The summed E-state index contributed by atoms with van der Waals surface area (Å²) >= 11 is 1.53. The van der Waals surface area contributed by atoms with Crippen molar-refractivity contribution < 1.29 is 9.59 Å². The average Bonchev–Trinajstić information content (AvgIpc) is 3.53. The summed E-state index contributed by atoms with van der Waals surface area (Å²) in [5.41, 5.74) is 5.88. The Balaban J connectivity index is 1.36. The Bertz CT molecular complexity index is 1190. The van der Waals surface area contributed by atoms with Gasteiger partial charge in [-0.1, -0.05) is 36.6 Å². The van der Waals surface area contributed by atoms with Crippen molar-refractivity contribution in [2.45, 2.75) is 46.0 Å².